The van der Waals surface area contributed by atoms with Gasteiger partial charge in [-0.15, -0.1) is 0 Å². The van der Waals surface area contributed by atoms with Crippen molar-refractivity contribution in [1.82, 2.24) is 0 Å². The van der Waals surface area contributed by atoms with Gasteiger partial charge in [-0.3, -0.25) is 4.79 Å². The minimum Gasteiger partial charge on any atom is -0.482 e. The van der Waals surface area contributed by atoms with Gasteiger partial charge in [-0.1, -0.05) is 30.3 Å². The molecule has 152 valence electrons. The molecule has 0 unspecified atom stereocenters. The molecule has 0 bridgehead atoms. The number of nitriles is 1. The molecule has 0 saturated heterocycles. The van der Waals surface area contributed by atoms with Crippen molar-refractivity contribution in [3.63, 3.8) is 0 Å². The molecule has 31 heavy (non-hydrogen) atoms. The third-order valence-corrected chi connectivity index (χ3v) is 4.67. The number of hydrogen-bond acceptors (Lipinski definition) is 6. The van der Waals surface area contributed by atoms with Crippen LogP contribution in [-0.4, -0.2) is 12.6 Å². The maximum atomic E-state index is 13.0. The highest BCUT2D eigenvalue weighted by Crippen LogP contribution is 2.26. The fraction of sp³-hybridized carbons (Fsp3) is 0.0800. The minimum atomic E-state index is -0.608. The van der Waals surface area contributed by atoms with Crippen molar-refractivity contribution in [2.24, 2.45) is 0 Å². The van der Waals surface area contributed by atoms with Crippen LogP contribution in [0.25, 0.3) is 22.1 Å². The lowest BCUT2D eigenvalue weighted by Crippen LogP contribution is -2.17. The number of benzene rings is 3. The molecule has 1 heterocycles. The van der Waals surface area contributed by atoms with Gasteiger partial charge in [0.1, 0.15) is 22.8 Å². The third kappa shape index (κ3) is 4.31. The summed E-state index contributed by atoms with van der Waals surface area (Å²) in [5, 5.41) is 9.20. The van der Waals surface area contributed by atoms with Gasteiger partial charge in [-0.25, -0.2) is 4.79 Å². The van der Waals surface area contributed by atoms with Crippen LogP contribution >= 0.6 is 0 Å². The average molecular weight is 411 g/mol. The van der Waals surface area contributed by atoms with Gasteiger partial charge in [0.2, 0.25) is 5.43 Å². The van der Waals surface area contributed by atoms with E-state index in [-0.39, 0.29) is 17.8 Å². The van der Waals surface area contributed by atoms with Crippen LogP contribution < -0.4 is 14.9 Å². The highest BCUT2D eigenvalue weighted by atomic mass is 16.6. The van der Waals surface area contributed by atoms with Crippen LogP contribution in [0.5, 0.6) is 11.5 Å². The van der Waals surface area contributed by atoms with E-state index >= 15 is 0 Å². The zero-order chi connectivity index (χ0) is 21.8. The van der Waals surface area contributed by atoms with Crippen LogP contribution in [0.4, 0.5) is 0 Å². The Morgan fingerprint density at radius 2 is 1.71 bits per heavy atom. The second-order valence-electron chi connectivity index (χ2n) is 6.79. The molecule has 0 saturated carbocycles. The van der Waals surface area contributed by atoms with E-state index < -0.39 is 5.97 Å². The van der Waals surface area contributed by atoms with Crippen LogP contribution in [0.1, 0.15) is 11.3 Å². The smallest absolute Gasteiger partial charge is 0.349 e. The quantitative estimate of drug-likeness (QED) is 0.351. The van der Waals surface area contributed by atoms with Crippen molar-refractivity contribution >= 4 is 16.9 Å². The zero-order valence-electron chi connectivity index (χ0n) is 16.6. The topological polar surface area (TPSA) is 89.5 Å². The molecule has 0 amide bonds. The van der Waals surface area contributed by atoms with E-state index in [2.05, 4.69) is 0 Å². The van der Waals surface area contributed by atoms with E-state index in [1.54, 1.807) is 43.3 Å². The van der Waals surface area contributed by atoms with Crippen molar-refractivity contribution < 1.29 is 18.7 Å². The Hall–Kier alpha value is -4.37. The van der Waals surface area contributed by atoms with E-state index in [1.807, 2.05) is 36.4 Å². The molecule has 3 aromatic carbocycles. The summed E-state index contributed by atoms with van der Waals surface area (Å²) in [5.41, 5.74) is 1.98. The molecule has 4 aromatic rings. The van der Waals surface area contributed by atoms with Gasteiger partial charge in [0, 0.05) is 6.07 Å². The standard InChI is InChI=1S/C25H17NO5/c1-16-24(18-5-3-2-4-6-18)25(28)21-12-11-20(13-22(21)30-16)31-23(27)15-29-19-9-7-17(14-26)8-10-19/h2-13H,15H2,1H3. The lowest BCUT2D eigenvalue weighted by Gasteiger charge is -2.09. The normalized spacial score (nSPS) is 10.5. The molecule has 0 atom stereocenters. The summed E-state index contributed by atoms with van der Waals surface area (Å²) in [5.74, 6) is 0.570. The number of hydrogen-bond donors (Lipinski definition) is 0. The second-order valence-corrected chi connectivity index (χ2v) is 6.79. The summed E-state index contributed by atoms with van der Waals surface area (Å²) in [6.45, 7) is 1.42. The van der Waals surface area contributed by atoms with Crippen molar-refractivity contribution in [1.29, 1.82) is 5.26 Å². The molecule has 6 nitrogen and oxygen atoms in total. The lowest BCUT2D eigenvalue weighted by atomic mass is 10.0. The summed E-state index contributed by atoms with van der Waals surface area (Å²) < 4.78 is 16.5. The lowest BCUT2D eigenvalue weighted by molar-refractivity contribution is -0.136. The first-order valence-electron chi connectivity index (χ1n) is 9.51. The average Bonchev–Trinajstić information content (AvgIpc) is 2.78. The van der Waals surface area contributed by atoms with Crippen LogP contribution in [0.2, 0.25) is 0 Å². The van der Waals surface area contributed by atoms with Gasteiger partial charge in [0.15, 0.2) is 6.61 Å². The van der Waals surface area contributed by atoms with E-state index in [4.69, 9.17) is 19.2 Å². The number of esters is 1. The maximum absolute atomic E-state index is 13.0. The predicted molar refractivity (Wildman–Crippen MR) is 115 cm³/mol. The number of rotatable bonds is 5. The van der Waals surface area contributed by atoms with E-state index in [0.717, 1.165) is 5.56 Å². The first-order valence-corrected chi connectivity index (χ1v) is 9.51. The van der Waals surface area contributed by atoms with Gasteiger partial charge < -0.3 is 13.9 Å². The van der Waals surface area contributed by atoms with Crippen LogP contribution in [0, 0.1) is 18.3 Å². The molecule has 0 N–H and O–H groups in total. The number of carbonyl (C=O) groups is 1. The first kappa shape index (κ1) is 19.9. The summed E-state index contributed by atoms with van der Waals surface area (Å²) in [7, 11) is 0. The van der Waals surface area contributed by atoms with Crippen LogP contribution in [-0.2, 0) is 4.79 Å². The molecule has 0 radical (unpaired) electrons. The van der Waals surface area contributed by atoms with Gasteiger partial charge >= 0.3 is 5.97 Å². The third-order valence-electron chi connectivity index (χ3n) is 4.67. The number of nitrogens with zero attached hydrogens (tertiary/aromatic N) is 1. The van der Waals surface area contributed by atoms with Gasteiger partial charge in [-0.2, -0.15) is 5.26 Å². The van der Waals surface area contributed by atoms with Gasteiger partial charge in [0.05, 0.1) is 22.6 Å². The van der Waals surface area contributed by atoms with Crippen molar-refractivity contribution in [2.45, 2.75) is 6.92 Å². The highest BCUT2D eigenvalue weighted by molar-refractivity contribution is 5.84. The fourth-order valence-corrected chi connectivity index (χ4v) is 3.22. The number of carbonyl (C=O) groups excluding carboxylic acids is 1. The van der Waals surface area contributed by atoms with E-state index in [9.17, 15) is 9.59 Å². The molecule has 1 aromatic heterocycles. The molecule has 0 spiro atoms. The van der Waals surface area contributed by atoms with E-state index in [0.29, 0.717) is 33.6 Å². The molecule has 0 aliphatic rings. The van der Waals surface area contributed by atoms with Gasteiger partial charge in [-0.05, 0) is 48.9 Å². The Bertz CT molecular complexity index is 1350. The second kappa shape index (κ2) is 8.56. The van der Waals surface area contributed by atoms with Gasteiger partial charge in [0.25, 0.3) is 0 Å². The maximum Gasteiger partial charge on any atom is 0.349 e. The number of fused-ring (bicyclic) bond motifs is 1. The summed E-state index contributed by atoms with van der Waals surface area (Å²) in [6, 6.07) is 22.4. The monoisotopic (exact) mass is 411 g/mol. The molecule has 6 heteroatoms. The number of aryl methyl sites for hydroxylation is 1. The Kier molecular flexibility index (Phi) is 5.50. The van der Waals surface area contributed by atoms with Crippen molar-refractivity contribution in [2.75, 3.05) is 6.61 Å². The molecule has 4 rings (SSSR count). The predicted octanol–water partition coefficient (Wildman–Crippen LogP) is 4.62. The fourth-order valence-electron chi connectivity index (χ4n) is 3.22. The number of ether oxygens (including phenoxy) is 2. The molecular weight excluding hydrogens is 394 g/mol. The Labute approximate surface area is 177 Å². The molecule has 0 aliphatic heterocycles. The molecule has 0 fully saturated rings. The minimum absolute atomic E-state index is 0.146. The largest absolute Gasteiger partial charge is 0.482 e. The van der Waals surface area contributed by atoms with Crippen molar-refractivity contribution in [3.05, 3.63) is 94.3 Å². The summed E-state index contributed by atoms with van der Waals surface area (Å²) in [4.78, 5) is 25.1. The van der Waals surface area contributed by atoms with Crippen molar-refractivity contribution in [3.8, 4) is 28.7 Å². The SMILES string of the molecule is Cc1oc2cc(OC(=O)COc3ccc(C#N)cc3)ccc2c(=O)c1-c1ccccc1. The Morgan fingerprint density at radius 1 is 1.00 bits per heavy atom. The molecular formula is C25H17NO5. The Balaban J connectivity index is 1.52. The first-order chi connectivity index (χ1) is 15.0. The van der Waals surface area contributed by atoms with E-state index in [1.165, 1.54) is 6.07 Å². The molecule has 0 aliphatic carbocycles. The highest BCUT2D eigenvalue weighted by Gasteiger charge is 2.15. The van der Waals surface area contributed by atoms with Crippen LogP contribution in [0.3, 0.4) is 0 Å². The Morgan fingerprint density at radius 3 is 2.42 bits per heavy atom. The zero-order valence-corrected chi connectivity index (χ0v) is 16.6. The summed E-state index contributed by atoms with van der Waals surface area (Å²) in [6.07, 6.45) is 0. The summed E-state index contributed by atoms with van der Waals surface area (Å²) >= 11 is 0. The van der Waals surface area contributed by atoms with Crippen LogP contribution in [0.15, 0.2) is 82.0 Å².